The summed E-state index contributed by atoms with van der Waals surface area (Å²) in [7, 11) is 0. The van der Waals surface area contributed by atoms with Crippen molar-refractivity contribution in [2.75, 3.05) is 5.75 Å². The first kappa shape index (κ1) is 23.4. The van der Waals surface area contributed by atoms with Crippen molar-refractivity contribution in [1.82, 2.24) is 5.32 Å². The van der Waals surface area contributed by atoms with Crippen LogP contribution in [0, 0.1) is 21.4 Å². The fourth-order valence-electron chi connectivity index (χ4n) is 3.47. The van der Waals surface area contributed by atoms with Crippen molar-refractivity contribution >= 4 is 44.9 Å². The second kappa shape index (κ2) is 9.94. The van der Waals surface area contributed by atoms with E-state index in [9.17, 15) is 25.0 Å². The summed E-state index contributed by atoms with van der Waals surface area (Å²) in [5.41, 5.74) is 2.57. The fraction of sp³-hybridized carbons (Fsp3) is 0.174. The van der Waals surface area contributed by atoms with Crippen LogP contribution in [0.25, 0.3) is 0 Å². The summed E-state index contributed by atoms with van der Waals surface area (Å²) < 4.78 is 0.881. The van der Waals surface area contributed by atoms with Gasteiger partial charge in [0.1, 0.15) is 0 Å². The Morgan fingerprint density at radius 3 is 2.34 bits per heavy atom. The van der Waals surface area contributed by atoms with E-state index in [1.807, 2.05) is 24.3 Å². The monoisotopic (exact) mass is 511 g/mol. The summed E-state index contributed by atoms with van der Waals surface area (Å²) in [6.07, 6.45) is 0. The van der Waals surface area contributed by atoms with Crippen LogP contribution in [0.4, 0.5) is 5.69 Å². The summed E-state index contributed by atoms with van der Waals surface area (Å²) >= 11 is 4.57. The molecule has 32 heavy (non-hydrogen) atoms. The van der Waals surface area contributed by atoms with E-state index in [-0.39, 0.29) is 23.0 Å². The minimum Gasteiger partial charge on any atom is -0.353 e. The normalized spacial score (nSPS) is 15.8. The molecule has 7 nitrogen and oxygen atoms in total. The van der Waals surface area contributed by atoms with Crippen molar-refractivity contribution in [3.05, 3.63) is 96.1 Å². The van der Waals surface area contributed by atoms with Gasteiger partial charge in [-0.05, 0) is 43.7 Å². The molecule has 1 atom stereocenters. The molecule has 9 heteroatoms. The molecule has 0 aromatic heterocycles. The Morgan fingerprint density at radius 2 is 1.81 bits per heavy atom. The smallest absolute Gasteiger partial charge is 0.269 e. The predicted molar refractivity (Wildman–Crippen MR) is 126 cm³/mol. The Morgan fingerprint density at radius 1 is 1.19 bits per heavy atom. The van der Waals surface area contributed by atoms with Gasteiger partial charge in [-0.2, -0.15) is 5.26 Å². The highest BCUT2D eigenvalue weighted by Gasteiger charge is 2.33. The van der Waals surface area contributed by atoms with E-state index in [0.29, 0.717) is 27.4 Å². The fourth-order valence-corrected chi connectivity index (χ4v) is 4.72. The highest BCUT2D eigenvalue weighted by molar-refractivity contribution is 9.10. The molecule has 2 aromatic carbocycles. The van der Waals surface area contributed by atoms with E-state index in [2.05, 4.69) is 27.3 Å². The number of thioether (sulfide) groups is 1. The molecule has 0 fully saturated rings. The molecule has 162 valence electrons. The van der Waals surface area contributed by atoms with Crippen LogP contribution in [0.15, 0.2) is 74.9 Å². The Bertz CT molecular complexity index is 1200. The number of rotatable bonds is 7. The molecular formula is C23H18BrN3O4S. The number of carbonyl (C=O) groups excluding carboxylic acids is 2. The van der Waals surface area contributed by atoms with Gasteiger partial charge in [-0.25, -0.2) is 0 Å². The number of Topliss-reactive ketones (excluding diaryl/α,β-unsaturated/α-hetero) is 2. The summed E-state index contributed by atoms with van der Waals surface area (Å²) in [6, 6.07) is 15.0. The number of nitrogens with zero attached hydrogens (tertiary/aromatic N) is 2. The number of nitro groups is 1. The Hall–Kier alpha value is -3.22. The van der Waals surface area contributed by atoms with Gasteiger partial charge in [0.05, 0.1) is 33.3 Å². The number of halogens is 1. The molecule has 1 unspecified atom stereocenters. The number of non-ortho nitro benzene ring substituents is 1. The first-order valence-corrected chi connectivity index (χ1v) is 11.3. The van der Waals surface area contributed by atoms with Gasteiger partial charge in [-0.15, -0.1) is 0 Å². The van der Waals surface area contributed by atoms with Gasteiger partial charge >= 0.3 is 0 Å². The third kappa shape index (κ3) is 4.98. The summed E-state index contributed by atoms with van der Waals surface area (Å²) in [5.74, 6) is -0.873. The third-order valence-electron chi connectivity index (χ3n) is 4.98. The van der Waals surface area contributed by atoms with Crippen molar-refractivity contribution < 1.29 is 14.5 Å². The Labute approximate surface area is 197 Å². The number of allylic oxidation sites excluding steroid dienone is 3. The molecule has 0 aliphatic carbocycles. The first-order valence-electron chi connectivity index (χ1n) is 9.51. The van der Waals surface area contributed by atoms with Crippen LogP contribution >= 0.6 is 27.7 Å². The second-order valence-electron chi connectivity index (χ2n) is 7.07. The van der Waals surface area contributed by atoms with Crippen LogP contribution in [0.1, 0.15) is 35.7 Å². The molecule has 0 spiro atoms. The lowest BCUT2D eigenvalue weighted by Gasteiger charge is -2.29. The van der Waals surface area contributed by atoms with Crippen LogP contribution < -0.4 is 5.32 Å². The summed E-state index contributed by atoms with van der Waals surface area (Å²) in [5, 5.41) is 24.4. The molecule has 1 N–H and O–H groups in total. The minimum atomic E-state index is -0.538. The van der Waals surface area contributed by atoms with Crippen molar-refractivity contribution in [1.29, 1.82) is 5.26 Å². The zero-order chi connectivity index (χ0) is 23.4. The maximum atomic E-state index is 12.6. The number of carbonyl (C=O) groups is 2. The van der Waals surface area contributed by atoms with E-state index in [1.54, 1.807) is 6.92 Å². The molecule has 1 aliphatic heterocycles. The van der Waals surface area contributed by atoms with Crippen LogP contribution in [0.2, 0.25) is 0 Å². The average Bonchev–Trinajstić information content (AvgIpc) is 2.77. The zero-order valence-electron chi connectivity index (χ0n) is 17.2. The molecular weight excluding hydrogens is 494 g/mol. The van der Waals surface area contributed by atoms with E-state index in [1.165, 1.54) is 43.0 Å². The predicted octanol–water partition coefficient (Wildman–Crippen LogP) is 5.26. The zero-order valence-corrected chi connectivity index (χ0v) is 19.6. The van der Waals surface area contributed by atoms with E-state index in [4.69, 9.17) is 0 Å². The van der Waals surface area contributed by atoms with Gasteiger partial charge < -0.3 is 5.32 Å². The Balaban J connectivity index is 1.90. The molecule has 0 saturated carbocycles. The molecule has 0 saturated heterocycles. The molecule has 1 heterocycles. The SMILES string of the molecule is CC(=O)C1=C(C)NC(SCC(=O)c2ccc([N+](=O)[O-])cc2)=C(C#N)C1c1ccc(Br)cc1. The minimum absolute atomic E-state index is 0.0288. The summed E-state index contributed by atoms with van der Waals surface area (Å²) in [4.78, 5) is 35.3. The van der Waals surface area contributed by atoms with Crippen molar-refractivity contribution in [2.45, 2.75) is 19.8 Å². The van der Waals surface area contributed by atoms with Crippen LogP contribution in [-0.4, -0.2) is 22.2 Å². The number of nitro benzene ring substituents is 1. The lowest BCUT2D eigenvalue weighted by molar-refractivity contribution is -0.384. The molecule has 1 aliphatic rings. The third-order valence-corrected chi connectivity index (χ3v) is 6.52. The number of hydrogen-bond acceptors (Lipinski definition) is 7. The highest BCUT2D eigenvalue weighted by atomic mass is 79.9. The van der Waals surface area contributed by atoms with Gasteiger partial charge in [0.2, 0.25) is 0 Å². The highest BCUT2D eigenvalue weighted by Crippen LogP contribution is 2.41. The van der Waals surface area contributed by atoms with Crippen molar-refractivity contribution in [3.63, 3.8) is 0 Å². The molecule has 0 radical (unpaired) electrons. The summed E-state index contributed by atoms with van der Waals surface area (Å²) in [6.45, 7) is 3.24. The number of nitriles is 1. The van der Waals surface area contributed by atoms with Crippen LogP contribution in [-0.2, 0) is 4.79 Å². The number of nitrogens with one attached hydrogen (secondary N) is 1. The molecule has 2 aromatic rings. The van der Waals surface area contributed by atoms with Gasteiger partial charge in [0.15, 0.2) is 11.6 Å². The van der Waals surface area contributed by atoms with E-state index >= 15 is 0 Å². The number of hydrogen-bond donors (Lipinski definition) is 1. The maximum Gasteiger partial charge on any atom is 0.269 e. The average molecular weight is 512 g/mol. The number of dihydropyridines is 1. The lowest BCUT2D eigenvalue weighted by Crippen LogP contribution is -2.27. The van der Waals surface area contributed by atoms with Crippen molar-refractivity contribution in [3.8, 4) is 6.07 Å². The van der Waals surface area contributed by atoms with Gasteiger partial charge in [-0.3, -0.25) is 19.7 Å². The topological polar surface area (TPSA) is 113 Å². The van der Waals surface area contributed by atoms with Crippen LogP contribution in [0.5, 0.6) is 0 Å². The second-order valence-corrected chi connectivity index (χ2v) is 8.98. The standard InChI is InChI=1S/C23H18BrN3O4S/c1-13-21(14(2)28)22(16-3-7-17(24)8-4-16)19(11-25)23(26-13)32-12-20(29)15-5-9-18(10-6-15)27(30)31/h3-10,22,26H,12H2,1-2H3. The van der Waals surface area contributed by atoms with E-state index in [0.717, 1.165) is 10.0 Å². The van der Waals surface area contributed by atoms with Gasteiger partial charge in [0, 0.05) is 33.4 Å². The number of benzene rings is 2. The molecule has 0 amide bonds. The van der Waals surface area contributed by atoms with Crippen LogP contribution in [0.3, 0.4) is 0 Å². The lowest BCUT2D eigenvalue weighted by atomic mass is 9.81. The van der Waals surface area contributed by atoms with Gasteiger partial charge in [-0.1, -0.05) is 39.8 Å². The van der Waals surface area contributed by atoms with Gasteiger partial charge in [0.25, 0.3) is 5.69 Å². The number of ketones is 2. The quantitative estimate of drug-likeness (QED) is 0.306. The molecule has 0 bridgehead atoms. The molecule has 3 rings (SSSR count). The first-order chi connectivity index (χ1) is 15.2. The van der Waals surface area contributed by atoms with E-state index < -0.39 is 10.8 Å². The van der Waals surface area contributed by atoms with Crippen molar-refractivity contribution in [2.24, 2.45) is 0 Å². The maximum absolute atomic E-state index is 12.6. The Kier molecular flexibility index (Phi) is 7.28. The largest absolute Gasteiger partial charge is 0.353 e.